The van der Waals surface area contributed by atoms with Gasteiger partial charge in [-0.05, 0) is 49.7 Å². The van der Waals surface area contributed by atoms with Gasteiger partial charge in [0.05, 0.1) is 13.2 Å². The Morgan fingerprint density at radius 3 is 2.26 bits per heavy atom. The Balaban J connectivity index is 1.35. The number of hydrogen-bond donors (Lipinski definition) is 1. The number of carbonyl (C=O) groups excluding carboxylic acids is 2. The number of nitrogens with two attached hydrogens (primary N) is 1. The van der Waals surface area contributed by atoms with E-state index in [0.717, 1.165) is 18.9 Å². The molecule has 4 rings (SSSR count). The van der Waals surface area contributed by atoms with Crippen molar-refractivity contribution in [3.63, 3.8) is 0 Å². The number of hydrogen-bond acceptors (Lipinski definition) is 4. The summed E-state index contributed by atoms with van der Waals surface area (Å²) in [5.41, 5.74) is 6.39. The molecule has 0 radical (unpaired) electrons. The third-order valence-electron chi connectivity index (χ3n) is 6.87. The van der Waals surface area contributed by atoms with Crippen molar-refractivity contribution in [1.29, 1.82) is 0 Å². The van der Waals surface area contributed by atoms with Crippen LogP contribution < -0.4 is 5.73 Å². The lowest BCUT2D eigenvalue weighted by atomic mass is 9.82. The Labute approximate surface area is 179 Å². The zero-order valence-corrected chi connectivity index (χ0v) is 17.4. The number of carbonyl (C=O) groups is 2. The van der Waals surface area contributed by atoms with Gasteiger partial charge in [-0.15, -0.1) is 0 Å². The molecular weight excluding hydrogens is 411 g/mol. The highest BCUT2D eigenvalue weighted by atomic mass is 19.2. The Morgan fingerprint density at radius 1 is 1.00 bits per heavy atom. The van der Waals surface area contributed by atoms with Gasteiger partial charge in [-0.1, -0.05) is 0 Å². The minimum atomic E-state index is -1.22. The highest BCUT2D eigenvalue weighted by Crippen LogP contribution is 2.40. The van der Waals surface area contributed by atoms with Crippen molar-refractivity contribution in [3.8, 4) is 0 Å². The number of morpholine rings is 1. The van der Waals surface area contributed by atoms with Gasteiger partial charge in [-0.3, -0.25) is 9.59 Å². The van der Waals surface area contributed by atoms with Crippen molar-refractivity contribution in [2.75, 3.05) is 26.3 Å². The molecule has 3 aliphatic heterocycles. The minimum Gasteiger partial charge on any atom is -0.378 e. The van der Waals surface area contributed by atoms with Crippen LogP contribution in [0.3, 0.4) is 0 Å². The van der Waals surface area contributed by atoms with Crippen LogP contribution in [-0.4, -0.2) is 66.0 Å². The zero-order chi connectivity index (χ0) is 22.1. The number of fused-ring (bicyclic) bond motifs is 2. The highest BCUT2D eigenvalue weighted by molar-refractivity contribution is 5.97. The highest BCUT2D eigenvalue weighted by Gasteiger charge is 2.45. The third kappa shape index (κ3) is 4.72. The van der Waals surface area contributed by atoms with Crippen LogP contribution in [0.25, 0.3) is 0 Å². The van der Waals surface area contributed by atoms with E-state index in [1.54, 1.807) is 4.90 Å². The molecule has 1 aromatic carbocycles. The van der Waals surface area contributed by atoms with Gasteiger partial charge in [0.25, 0.3) is 0 Å². The number of ether oxygens (including phenoxy) is 1. The summed E-state index contributed by atoms with van der Waals surface area (Å²) in [6.07, 6.45) is 3.01. The van der Waals surface area contributed by atoms with Gasteiger partial charge in [-0.25, -0.2) is 13.2 Å². The molecule has 3 heterocycles. The van der Waals surface area contributed by atoms with Crippen LogP contribution in [-0.2, 0) is 20.7 Å². The van der Waals surface area contributed by atoms with E-state index in [1.807, 2.05) is 4.90 Å². The van der Waals surface area contributed by atoms with Crippen molar-refractivity contribution >= 4 is 11.8 Å². The molecule has 170 valence electrons. The summed E-state index contributed by atoms with van der Waals surface area (Å²) in [7, 11) is 0. The molecular formula is C22H28F3N3O3. The van der Waals surface area contributed by atoms with E-state index in [9.17, 15) is 22.8 Å². The summed E-state index contributed by atoms with van der Waals surface area (Å²) in [4.78, 5) is 28.9. The number of piperidine rings is 1. The molecule has 0 aromatic heterocycles. The lowest BCUT2D eigenvalue weighted by Crippen LogP contribution is -2.51. The average Bonchev–Trinajstić information content (AvgIpc) is 3.02. The normalized spacial score (nSPS) is 26.8. The summed E-state index contributed by atoms with van der Waals surface area (Å²) in [5, 5.41) is 0. The predicted octanol–water partition coefficient (Wildman–Crippen LogP) is 1.99. The van der Waals surface area contributed by atoms with Crippen LogP contribution in [0.2, 0.25) is 0 Å². The van der Waals surface area contributed by atoms with Crippen molar-refractivity contribution in [3.05, 3.63) is 35.1 Å². The largest absolute Gasteiger partial charge is 0.378 e. The van der Waals surface area contributed by atoms with Crippen LogP contribution in [0.4, 0.5) is 13.2 Å². The topological polar surface area (TPSA) is 75.9 Å². The van der Waals surface area contributed by atoms with Crippen LogP contribution in [0.1, 0.15) is 37.7 Å². The first kappa shape index (κ1) is 22.1. The van der Waals surface area contributed by atoms with Gasteiger partial charge in [-0.2, -0.15) is 0 Å². The Kier molecular flexibility index (Phi) is 6.52. The van der Waals surface area contributed by atoms with Crippen LogP contribution in [0.5, 0.6) is 0 Å². The number of benzene rings is 1. The van der Waals surface area contributed by atoms with Gasteiger partial charge in [0.2, 0.25) is 11.8 Å². The fraction of sp³-hybridized carbons (Fsp3) is 0.636. The summed E-state index contributed by atoms with van der Waals surface area (Å²) < 4.78 is 45.9. The standard InChI is InChI=1S/C22H28F3N3O3/c23-17-11-19(25)18(24)9-13(17)10-20(26)14-7-15-1-2-16(8-14)28(15)22(30)12-21(29)27-3-5-31-6-4-27/h9,11,14-16,20H,1-8,10,12,26H2/t14-,15-,16+,20-/m1/s1. The van der Waals surface area contributed by atoms with Crippen LogP contribution in [0.15, 0.2) is 12.1 Å². The molecule has 31 heavy (non-hydrogen) atoms. The number of rotatable bonds is 5. The Hall–Kier alpha value is -2.13. The Morgan fingerprint density at radius 2 is 1.61 bits per heavy atom. The molecule has 2 bridgehead atoms. The van der Waals surface area contributed by atoms with Crippen molar-refractivity contribution in [1.82, 2.24) is 9.80 Å². The smallest absolute Gasteiger partial charge is 0.232 e. The maximum absolute atomic E-state index is 14.0. The molecule has 3 fully saturated rings. The first-order valence-electron chi connectivity index (χ1n) is 10.9. The minimum absolute atomic E-state index is 0.00888. The molecule has 1 aromatic rings. The van der Waals surface area contributed by atoms with Gasteiger partial charge in [0.15, 0.2) is 11.6 Å². The fourth-order valence-corrected chi connectivity index (χ4v) is 5.26. The summed E-state index contributed by atoms with van der Waals surface area (Å²) in [5.74, 6) is -3.38. The van der Waals surface area contributed by atoms with E-state index in [1.165, 1.54) is 0 Å². The number of halogens is 3. The number of amides is 2. The summed E-state index contributed by atoms with van der Waals surface area (Å²) >= 11 is 0. The van der Waals surface area contributed by atoms with Crippen molar-refractivity contribution in [2.45, 2.75) is 56.7 Å². The van der Waals surface area contributed by atoms with Gasteiger partial charge >= 0.3 is 0 Å². The third-order valence-corrected chi connectivity index (χ3v) is 6.87. The molecule has 6 nitrogen and oxygen atoms in total. The molecule has 3 aliphatic rings. The van der Waals surface area contributed by atoms with Crippen molar-refractivity contribution in [2.24, 2.45) is 11.7 Å². The first-order valence-corrected chi connectivity index (χ1v) is 10.9. The molecule has 9 heteroatoms. The lowest BCUT2D eigenvalue weighted by molar-refractivity contribution is -0.145. The van der Waals surface area contributed by atoms with E-state index in [-0.39, 0.29) is 48.2 Å². The van der Waals surface area contributed by atoms with E-state index in [0.29, 0.717) is 45.2 Å². The Bertz CT molecular complexity index is 833. The molecule has 2 N–H and O–H groups in total. The average molecular weight is 439 g/mol. The molecule has 2 amide bonds. The van der Waals surface area contributed by atoms with Crippen LogP contribution in [0, 0.1) is 23.4 Å². The molecule has 0 aliphatic carbocycles. The maximum atomic E-state index is 14.0. The zero-order valence-electron chi connectivity index (χ0n) is 17.4. The molecule has 3 saturated heterocycles. The first-order chi connectivity index (χ1) is 14.8. The van der Waals surface area contributed by atoms with E-state index >= 15 is 0 Å². The molecule has 0 unspecified atom stereocenters. The SMILES string of the molecule is N[C@H](Cc1cc(F)c(F)cc1F)[C@@H]1C[C@H]2CC[C@@H](C1)N2C(=O)CC(=O)N1CCOCC1. The fourth-order valence-electron chi connectivity index (χ4n) is 5.26. The van der Waals surface area contributed by atoms with Gasteiger partial charge < -0.3 is 20.3 Å². The number of nitrogens with zero attached hydrogens (tertiary/aromatic N) is 2. The summed E-state index contributed by atoms with van der Waals surface area (Å²) in [6.45, 7) is 2.01. The van der Waals surface area contributed by atoms with Crippen molar-refractivity contribution < 1.29 is 27.5 Å². The summed E-state index contributed by atoms with van der Waals surface area (Å²) in [6, 6.07) is 1.02. The van der Waals surface area contributed by atoms with E-state index < -0.39 is 23.5 Å². The second kappa shape index (κ2) is 9.16. The van der Waals surface area contributed by atoms with E-state index in [2.05, 4.69) is 0 Å². The predicted molar refractivity (Wildman–Crippen MR) is 106 cm³/mol. The monoisotopic (exact) mass is 439 g/mol. The maximum Gasteiger partial charge on any atom is 0.232 e. The molecule has 0 saturated carbocycles. The van der Waals surface area contributed by atoms with Gasteiger partial charge in [0.1, 0.15) is 12.2 Å². The van der Waals surface area contributed by atoms with E-state index in [4.69, 9.17) is 10.5 Å². The second-order valence-electron chi connectivity index (χ2n) is 8.81. The van der Waals surface area contributed by atoms with Crippen LogP contribution >= 0.6 is 0 Å². The quantitative estimate of drug-likeness (QED) is 0.563. The van der Waals surface area contributed by atoms with Gasteiger partial charge in [0, 0.05) is 37.3 Å². The molecule has 0 spiro atoms. The molecule has 4 atom stereocenters. The second-order valence-corrected chi connectivity index (χ2v) is 8.81. The lowest BCUT2D eigenvalue weighted by Gasteiger charge is -2.41.